The first-order valence-electron chi connectivity index (χ1n) is 12.6. The van der Waals surface area contributed by atoms with Crippen molar-refractivity contribution in [3.05, 3.63) is 93.8 Å². The van der Waals surface area contributed by atoms with E-state index >= 15 is 0 Å². The van der Waals surface area contributed by atoms with Crippen LogP contribution in [0.2, 0.25) is 0 Å². The van der Waals surface area contributed by atoms with E-state index in [1.54, 1.807) is 0 Å². The summed E-state index contributed by atoms with van der Waals surface area (Å²) in [5.41, 5.74) is 6.37. The van der Waals surface area contributed by atoms with Gasteiger partial charge in [-0.1, -0.05) is 66.6 Å². The van der Waals surface area contributed by atoms with Gasteiger partial charge in [-0.3, -0.25) is 4.79 Å². The second-order valence-corrected chi connectivity index (χ2v) is 10.0. The molecule has 0 amide bonds. The minimum Gasteiger partial charge on any atom is -0.459 e. The van der Waals surface area contributed by atoms with Crippen LogP contribution in [-0.4, -0.2) is 17.9 Å². The fourth-order valence-corrected chi connectivity index (χ4v) is 5.76. The molecule has 0 bridgehead atoms. The number of Topliss-reactive ketones (excluding diaryl/α,β-unsaturated/α-hetero) is 1. The molecule has 4 heteroatoms. The van der Waals surface area contributed by atoms with Crippen LogP contribution >= 0.6 is 0 Å². The van der Waals surface area contributed by atoms with E-state index in [1.165, 1.54) is 12.0 Å². The van der Waals surface area contributed by atoms with Crippen molar-refractivity contribution in [2.75, 3.05) is 0 Å². The summed E-state index contributed by atoms with van der Waals surface area (Å²) in [7, 11) is 0. The fraction of sp³-hybridized carbons (Fsp3) is 0.400. The molecule has 3 aliphatic rings. The Labute approximate surface area is 202 Å². The van der Waals surface area contributed by atoms with Crippen molar-refractivity contribution in [3.8, 4) is 0 Å². The third-order valence-corrected chi connectivity index (χ3v) is 7.56. The van der Waals surface area contributed by atoms with Crippen LogP contribution in [0.5, 0.6) is 0 Å². The van der Waals surface area contributed by atoms with E-state index in [0.717, 1.165) is 60.2 Å². The number of esters is 1. The Balaban J connectivity index is 1.52. The van der Waals surface area contributed by atoms with Gasteiger partial charge in [-0.25, -0.2) is 4.79 Å². The molecule has 2 aliphatic carbocycles. The Bertz CT molecular complexity index is 1140. The van der Waals surface area contributed by atoms with Gasteiger partial charge in [0.1, 0.15) is 6.10 Å². The first-order chi connectivity index (χ1) is 16.5. The Hall–Kier alpha value is -3.14. The molecule has 4 nitrogen and oxygen atoms in total. The zero-order valence-electron chi connectivity index (χ0n) is 20.1. The molecular formula is C30H33NO3. The Kier molecular flexibility index (Phi) is 6.40. The Morgan fingerprint density at radius 2 is 1.59 bits per heavy atom. The number of dihydropyridines is 1. The van der Waals surface area contributed by atoms with Crippen LogP contribution in [0.4, 0.5) is 0 Å². The van der Waals surface area contributed by atoms with Gasteiger partial charge in [-0.2, -0.15) is 0 Å². The van der Waals surface area contributed by atoms with Gasteiger partial charge in [0.2, 0.25) is 0 Å². The maximum Gasteiger partial charge on any atom is 0.337 e. The van der Waals surface area contributed by atoms with Crippen LogP contribution in [0.1, 0.15) is 80.4 Å². The number of aryl methyl sites for hydroxylation is 1. The topological polar surface area (TPSA) is 55.4 Å². The van der Waals surface area contributed by atoms with Crippen LogP contribution in [-0.2, 0) is 14.3 Å². The monoisotopic (exact) mass is 455 g/mol. The number of ketones is 1. The Morgan fingerprint density at radius 1 is 0.882 bits per heavy atom. The first-order valence-corrected chi connectivity index (χ1v) is 12.6. The average molecular weight is 456 g/mol. The second kappa shape index (κ2) is 9.61. The van der Waals surface area contributed by atoms with Crippen molar-refractivity contribution in [1.29, 1.82) is 0 Å². The standard InChI is InChI=1S/C30H33NO3/c1-19-13-15-22(16-14-19)28-27(30(33)34-24-11-7-4-8-12-24)20(2)31-25-17-23(18-26(32)29(25)28)21-9-5-3-6-10-21/h3,5-6,9-10,13-16,23-24,28,31H,4,7-8,11-12,17-18H2,1-2H3/t23-,28+/m0/s1. The van der Waals surface area contributed by atoms with E-state index in [4.69, 9.17) is 4.74 Å². The zero-order valence-corrected chi connectivity index (χ0v) is 20.1. The highest BCUT2D eigenvalue weighted by Crippen LogP contribution is 2.46. The lowest BCUT2D eigenvalue weighted by atomic mass is 9.71. The fourth-order valence-electron chi connectivity index (χ4n) is 5.76. The Morgan fingerprint density at radius 3 is 2.29 bits per heavy atom. The molecular weight excluding hydrogens is 422 g/mol. The number of ether oxygens (including phenoxy) is 1. The van der Waals surface area contributed by atoms with Crippen molar-refractivity contribution in [2.45, 2.75) is 76.7 Å². The summed E-state index contributed by atoms with van der Waals surface area (Å²) in [5.74, 6) is -0.421. The predicted molar refractivity (Wildman–Crippen MR) is 133 cm³/mol. The minimum absolute atomic E-state index is 0.0277. The third kappa shape index (κ3) is 4.46. The highest BCUT2D eigenvalue weighted by Gasteiger charge is 2.41. The summed E-state index contributed by atoms with van der Waals surface area (Å²) in [6.07, 6.45) is 6.44. The van der Waals surface area contributed by atoms with Gasteiger partial charge in [-0.15, -0.1) is 0 Å². The van der Waals surface area contributed by atoms with Crippen molar-refractivity contribution in [3.63, 3.8) is 0 Å². The summed E-state index contributed by atoms with van der Waals surface area (Å²) in [6.45, 7) is 3.99. The van der Waals surface area contributed by atoms with Gasteiger partial charge in [0, 0.05) is 29.3 Å². The number of nitrogens with one attached hydrogen (secondary N) is 1. The number of rotatable bonds is 4. The minimum atomic E-state index is -0.392. The third-order valence-electron chi connectivity index (χ3n) is 7.56. The molecule has 0 spiro atoms. The normalized spacial score (nSPS) is 23.4. The SMILES string of the molecule is CC1=C(C(=O)OC2CCCCC2)[C@@H](c2ccc(C)cc2)C2=C(C[C@H](c3ccccc3)CC2=O)N1. The zero-order chi connectivity index (χ0) is 23.7. The number of benzene rings is 2. The first kappa shape index (κ1) is 22.6. The lowest BCUT2D eigenvalue weighted by molar-refractivity contribution is -0.146. The van der Waals surface area contributed by atoms with Crippen LogP contribution in [0.25, 0.3) is 0 Å². The lowest BCUT2D eigenvalue weighted by Gasteiger charge is -2.37. The quantitative estimate of drug-likeness (QED) is 0.555. The molecule has 5 rings (SSSR count). The summed E-state index contributed by atoms with van der Waals surface area (Å²) < 4.78 is 6.01. The summed E-state index contributed by atoms with van der Waals surface area (Å²) >= 11 is 0. The van der Waals surface area contributed by atoms with Crippen molar-refractivity contribution in [2.24, 2.45) is 0 Å². The highest BCUT2D eigenvalue weighted by molar-refractivity contribution is 6.04. The summed E-state index contributed by atoms with van der Waals surface area (Å²) in [5, 5.41) is 3.47. The van der Waals surface area contributed by atoms with Crippen molar-refractivity contribution in [1.82, 2.24) is 5.32 Å². The van der Waals surface area contributed by atoms with Crippen molar-refractivity contribution < 1.29 is 14.3 Å². The number of allylic oxidation sites excluding steroid dienone is 3. The highest BCUT2D eigenvalue weighted by atomic mass is 16.5. The van der Waals surface area contributed by atoms with Gasteiger partial charge in [0.05, 0.1) is 5.57 Å². The maximum atomic E-state index is 13.7. The smallest absolute Gasteiger partial charge is 0.337 e. The number of hydrogen-bond acceptors (Lipinski definition) is 4. The molecule has 1 fully saturated rings. The number of carbonyl (C=O) groups is 2. The molecule has 0 unspecified atom stereocenters. The molecule has 2 atom stereocenters. The maximum absolute atomic E-state index is 13.7. The average Bonchev–Trinajstić information content (AvgIpc) is 2.84. The molecule has 0 radical (unpaired) electrons. The largest absolute Gasteiger partial charge is 0.459 e. The van der Waals surface area contributed by atoms with Crippen LogP contribution in [0, 0.1) is 6.92 Å². The van der Waals surface area contributed by atoms with E-state index in [-0.39, 0.29) is 23.8 Å². The predicted octanol–water partition coefficient (Wildman–Crippen LogP) is 6.23. The molecule has 176 valence electrons. The van der Waals surface area contributed by atoms with Gasteiger partial charge < -0.3 is 10.1 Å². The molecule has 34 heavy (non-hydrogen) atoms. The molecule has 2 aromatic rings. The van der Waals surface area contributed by atoms with Gasteiger partial charge in [0.25, 0.3) is 0 Å². The van der Waals surface area contributed by atoms with Crippen LogP contribution in [0.15, 0.2) is 77.1 Å². The van der Waals surface area contributed by atoms with E-state index < -0.39 is 5.92 Å². The van der Waals surface area contributed by atoms with Crippen LogP contribution in [0.3, 0.4) is 0 Å². The molecule has 1 aliphatic heterocycles. The molecule has 2 aromatic carbocycles. The second-order valence-electron chi connectivity index (χ2n) is 10.0. The van der Waals surface area contributed by atoms with E-state index in [2.05, 4.69) is 29.6 Å². The molecule has 1 saturated carbocycles. The van der Waals surface area contributed by atoms with E-state index in [0.29, 0.717) is 12.0 Å². The van der Waals surface area contributed by atoms with E-state index in [9.17, 15) is 9.59 Å². The van der Waals surface area contributed by atoms with Gasteiger partial charge in [0.15, 0.2) is 5.78 Å². The molecule has 0 saturated heterocycles. The molecule has 1 heterocycles. The lowest BCUT2D eigenvalue weighted by Crippen LogP contribution is -2.37. The van der Waals surface area contributed by atoms with Crippen molar-refractivity contribution >= 4 is 11.8 Å². The molecule has 0 aromatic heterocycles. The van der Waals surface area contributed by atoms with E-state index in [1.807, 2.05) is 44.2 Å². The summed E-state index contributed by atoms with van der Waals surface area (Å²) in [4.78, 5) is 27.2. The number of hydrogen-bond donors (Lipinski definition) is 1. The number of carbonyl (C=O) groups excluding carboxylic acids is 2. The summed E-state index contributed by atoms with van der Waals surface area (Å²) in [6, 6.07) is 18.5. The van der Waals surface area contributed by atoms with Gasteiger partial charge >= 0.3 is 5.97 Å². The molecule has 1 N–H and O–H groups in total. The van der Waals surface area contributed by atoms with Crippen LogP contribution < -0.4 is 5.32 Å². The van der Waals surface area contributed by atoms with Gasteiger partial charge in [-0.05, 0) is 63.0 Å².